The van der Waals surface area contributed by atoms with E-state index in [1.54, 1.807) is 19.1 Å². The number of dihydropyridines is 1. The Morgan fingerprint density at radius 1 is 1.03 bits per heavy atom. The molecule has 1 aliphatic carbocycles. The van der Waals surface area contributed by atoms with Crippen molar-refractivity contribution in [1.82, 2.24) is 5.32 Å². The molecule has 0 amide bonds. The van der Waals surface area contributed by atoms with E-state index in [0.29, 0.717) is 44.8 Å². The molecule has 8 heteroatoms. The predicted octanol–water partition coefficient (Wildman–Crippen LogP) is 7.31. The van der Waals surface area contributed by atoms with Gasteiger partial charge in [-0.2, -0.15) is 0 Å². The van der Waals surface area contributed by atoms with E-state index in [2.05, 4.69) is 27.9 Å². The average Bonchev–Trinajstić information content (AvgIpc) is 3.16. The number of Topliss-reactive ketones (excluding diaryl/α,β-unsaturated/α-hetero) is 1. The first-order chi connectivity index (χ1) is 17.8. The first-order valence-electron chi connectivity index (χ1n) is 11.7. The Morgan fingerprint density at radius 2 is 1.78 bits per heavy atom. The van der Waals surface area contributed by atoms with Crippen LogP contribution in [0, 0.1) is 3.57 Å². The number of ketones is 1. The lowest BCUT2D eigenvalue weighted by atomic mass is 9.80. The predicted molar refractivity (Wildman–Crippen MR) is 153 cm³/mol. The van der Waals surface area contributed by atoms with Crippen LogP contribution in [0.25, 0.3) is 5.70 Å². The van der Waals surface area contributed by atoms with Gasteiger partial charge >= 0.3 is 5.97 Å². The van der Waals surface area contributed by atoms with E-state index >= 15 is 0 Å². The van der Waals surface area contributed by atoms with Gasteiger partial charge in [0.2, 0.25) is 0 Å². The number of carbonyl (C=O) groups excluding carboxylic acids is 2. The van der Waals surface area contributed by atoms with Crippen LogP contribution in [0.3, 0.4) is 0 Å². The van der Waals surface area contributed by atoms with Crippen molar-refractivity contribution in [3.05, 3.63) is 113 Å². The van der Waals surface area contributed by atoms with Crippen LogP contribution >= 0.6 is 45.8 Å². The molecule has 1 atom stereocenters. The minimum absolute atomic E-state index is 0.0904. The molecule has 1 aliphatic heterocycles. The van der Waals surface area contributed by atoms with Crippen molar-refractivity contribution in [2.24, 2.45) is 0 Å². The fourth-order valence-electron chi connectivity index (χ4n) is 4.75. The highest BCUT2D eigenvalue weighted by Gasteiger charge is 2.43. The summed E-state index contributed by atoms with van der Waals surface area (Å²) in [6.07, 6.45) is 0. The molecule has 37 heavy (non-hydrogen) atoms. The molecule has 0 spiro atoms. The molecule has 188 valence electrons. The van der Waals surface area contributed by atoms with Crippen molar-refractivity contribution in [1.29, 1.82) is 0 Å². The molecule has 0 aromatic heterocycles. The lowest BCUT2D eigenvalue weighted by molar-refractivity contribution is -0.138. The smallest absolute Gasteiger partial charge is 0.336 e. The van der Waals surface area contributed by atoms with Crippen LogP contribution in [0.1, 0.15) is 46.8 Å². The van der Waals surface area contributed by atoms with E-state index in [4.69, 9.17) is 32.7 Å². The van der Waals surface area contributed by atoms with Crippen molar-refractivity contribution in [3.63, 3.8) is 0 Å². The average molecular weight is 646 g/mol. The van der Waals surface area contributed by atoms with E-state index in [-0.39, 0.29) is 12.4 Å². The minimum atomic E-state index is -0.576. The molecule has 0 saturated carbocycles. The van der Waals surface area contributed by atoms with E-state index < -0.39 is 11.9 Å². The van der Waals surface area contributed by atoms with Gasteiger partial charge in [0.1, 0.15) is 12.4 Å². The van der Waals surface area contributed by atoms with Crippen molar-refractivity contribution >= 4 is 63.2 Å². The molecule has 0 radical (unpaired) electrons. The number of ether oxygens (including phenoxy) is 2. The summed E-state index contributed by atoms with van der Waals surface area (Å²) >= 11 is 14.4. The van der Waals surface area contributed by atoms with Gasteiger partial charge in [-0.1, -0.05) is 59.6 Å². The highest BCUT2D eigenvalue weighted by atomic mass is 127. The number of benzene rings is 3. The van der Waals surface area contributed by atoms with Crippen molar-refractivity contribution in [2.75, 3.05) is 6.61 Å². The van der Waals surface area contributed by atoms with Gasteiger partial charge in [0.25, 0.3) is 0 Å². The molecule has 3 aromatic rings. The topological polar surface area (TPSA) is 64.6 Å². The lowest BCUT2D eigenvalue weighted by Crippen LogP contribution is -2.29. The summed E-state index contributed by atoms with van der Waals surface area (Å²) < 4.78 is 12.3. The first kappa shape index (κ1) is 25.8. The van der Waals surface area contributed by atoms with Crippen LogP contribution in [0.4, 0.5) is 0 Å². The second kappa shape index (κ2) is 10.5. The molecular weight excluding hydrogens is 624 g/mol. The molecule has 2 aliphatic rings. The standard InChI is InChI=1S/C29H22Cl2INO4/c1-3-36-29(35)24-15(2)33-27-18-6-4-5-7-19(18)28(34)26(27)25(24)17-9-11-23(22(32)13-17)37-14-16-8-10-20(30)21(31)12-16/h4-13,25,33H,3,14H2,1-2H3/t25-/m0/s1. The molecule has 0 bridgehead atoms. The Bertz CT molecular complexity index is 1510. The summed E-state index contributed by atoms with van der Waals surface area (Å²) in [6.45, 7) is 4.16. The van der Waals surface area contributed by atoms with Crippen LogP contribution in [-0.4, -0.2) is 18.4 Å². The zero-order valence-corrected chi connectivity index (χ0v) is 23.7. The Labute approximate surface area is 238 Å². The monoisotopic (exact) mass is 645 g/mol. The second-order valence-corrected chi connectivity index (χ2v) is 10.7. The van der Waals surface area contributed by atoms with Crippen LogP contribution in [-0.2, 0) is 16.1 Å². The molecule has 1 N–H and O–H groups in total. The largest absolute Gasteiger partial charge is 0.488 e. The fraction of sp³-hybridized carbons (Fsp3) is 0.172. The molecule has 5 nitrogen and oxygen atoms in total. The Kier molecular flexibility index (Phi) is 7.34. The first-order valence-corrected chi connectivity index (χ1v) is 13.5. The van der Waals surface area contributed by atoms with Crippen LogP contribution in [0.5, 0.6) is 5.75 Å². The summed E-state index contributed by atoms with van der Waals surface area (Å²) in [7, 11) is 0. The zero-order valence-electron chi connectivity index (χ0n) is 20.0. The summed E-state index contributed by atoms with van der Waals surface area (Å²) in [5.74, 6) is -0.430. The van der Waals surface area contributed by atoms with Crippen molar-refractivity contribution in [3.8, 4) is 5.75 Å². The molecule has 3 aromatic carbocycles. The number of carbonyl (C=O) groups is 2. The number of halogens is 3. The van der Waals surface area contributed by atoms with Crippen LogP contribution in [0.15, 0.2) is 77.5 Å². The number of allylic oxidation sites excluding steroid dienone is 2. The highest BCUT2D eigenvalue weighted by Crippen LogP contribution is 2.47. The van der Waals surface area contributed by atoms with E-state index in [1.807, 2.05) is 55.5 Å². The maximum Gasteiger partial charge on any atom is 0.336 e. The summed E-state index contributed by atoms with van der Waals surface area (Å²) in [6, 6.07) is 18.6. The van der Waals surface area contributed by atoms with Gasteiger partial charge in [-0.25, -0.2) is 4.79 Å². The number of esters is 1. The molecule has 1 heterocycles. The SMILES string of the molecule is CCOC(=O)C1=C(C)NC2=C(C(=O)c3ccccc32)[C@H]1c1ccc(OCc2ccc(Cl)c(Cl)c2)c(I)c1. The highest BCUT2D eigenvalue weighted by molar-refractivity contribution is 14.1. The minimum Gasteiger partial charge on any atom is -0.488 e. The van der Waals surface area contributed by atoms with Crippen LogP contribution < -0.4 is 10.1 Å². The fourth-order valence-corrected chi connectivity index (χ4v) is 5.76. The Balaban J connectivity index is 1.52. The third kappa shape index (κ3) is 4.78. The zero-order chi connectivity index (χ0) is 26.3. The van der Waals surface area contributed by atoms with Gasteiger partial charge in [0.15, 0.2) is 5.78 Å². The third-order valence-electron chi connectivity index (χ3n) is 6.41. The van der Waals surface area contributed by atoms with Crippen molar-refractivity contribution in [2.45, 2.75) is 26.4 Å². The molecule has 0 fully saturated rings. The molecule has 5 rings (SSSR count). The Morgan fingerprint density at radius 3 is 2.49 bits per heavy atom. The number of rotatable bonds is 6. The lowest BCUT2D eigenvalue weighted by Gasteiger charge is -2.29. The van der Waals surface area contributed by atoms with Gasteiger partial charge in [-0.15, -0.1) is 0 Å². The number of fused-ring (bicyclic) bond motifs is 2. The van der Waals surface area contributed by atoms with Crippen LogP contribution in [0.2, 0.25) is 10.0 Å². The van der Waals surface area contributed by atoms with Gasteiger partial charge in [0.05, 0.1) is 31.5 Å². The Hall–Kier alpha value is -2.81. The van der Waals surface area contributed by atoms with E-state index in [1.165, 1.54) is 0 Å². The quantitative estimate of drug-likeness (QED) is 0.225. The second-order valence-electron chi connectivity index (χ2n) is 8.71. The molecule has 0 saturated heterocycles. The summed E-state index contributed by atoms with van der Waals surface area (Å²) in [4.78, 5) is 26.7. The van der Waals surface area contributed by atoms with E-state index in [0.717, 1.165) is 26.0 Å². The number of hydrogen-bond acceptors (Lipinski definition) is 5. The maximum absolute atomic E-state index is 13.6. The third-order valence-corrected chi connectivity index (χ3v) is 7.99. The van der Waals surface area contributed by atoms with Gasteiger partial charge in [-0.05, 0) is 71.8 Å². The van der Waals surface area contributed by atoms with Gasteiger partial charge in [0, 0.05) is 28.3 Å². The summed E-state index contributed by atoms with van der Waals surface area (Å²) in [5.41, 5.74) is 5.55. The van der Waals surface area contributed by atoms with Crippen molar-refractivity contribution < 1.29 is 19.1 Å². The number of hydrogen-bond donors (Lipinski definition) is 1. The molecule has 0 unspecified atom stereocenters. The number of nitrogens with one attached hydrogen (secondary N) is 1. The molecular formula is C29H22Cl2INO4. The van der Waals surface area contributed by atoms with Gasteiger partial charge < -0.3 is 14.8 Å². The maximum atomic E-state index is 13.6. The van der Waals surface area contributed by atoms with E-state index in [9.17, 15) is 9.59 Å². The normalized spacial score (nSPS) is 16.4. The van der Waals surface area contributed by atoms with Gasteiger partial charge in [-0.3, -0.25) is 4.79 Å². The summed E-state index contributed by atoms with van der Waals surface area (Å²) in [5, 5.41) is 4.28.